The average Bonchev–Trinajstić information content (AvgIpc) is 2.77. The molecule has 0 N–H and O–H groups in total. The van der Waals surface area contributed by atoms with E-state index in [0.717, 1.165) is 15.3 Å². The second kappa shape index (κ2) is 5.20. The van der Waals surface area contributed by atoms with Crippen LogP contribution in [-0.2, 0) is 6.54 Å². The Bertz CT molecular complexity index is 854. The van der Waals surface area contributed by atoms with Crippen LogP contribution >= 0.6 is 34.5 Å². The standard InChI is InChI=1S/C14H10Cl2N2OS/c1-8-4-11-13(20-8)17-7-18(14(11)19)6-9-2-3-10(15)5-12(9)16/h2-5,7H,6H2,1H3. The monoisotopic (exact) mass is 324 g/mol. The van der Waals surface area contributed by atoms with Gasteiger partial charge in [-0.05, 0) is 30.7 Å². The highest BCUT2D eigenvalue weighted by Crippen LogP contribution is 2.22. The molecule has 0 unspecified atom stereocenters. The van der Waals surface area contributed by atoms with Crippen molar-refractivity contribution in [3.8, 4) is 0 Å². The van der Waals surface area contributed by atoms with Crippen LogP contribution in [0.25, 0.3) is 10.2 Å². The zero-order valence-electron chi connectivity index (χ0n) is 10.6. The Balaban J connectivity index is 2.06. The maximum atomic E-state index is 12.4. The first-order chi connectivity index (χ1) is 9.54. The summed E-state index contributed by atoms with van der Waals surface area (Å²) in [5.41, 5.74) is 0.789. The third kappa shape index (κ3) is 2.46. The normalized spacial score (nSPS) is 11.2. The van der Waals surface area contributed by atoms with Gasteiger partial charge in [0.05, 0.1) is 18.3 Å². The summed E-state index contributed by atoms with van der Waals surface area (Å²) in [6, 6.07) is 7.12. The van der Waals surface area contributed by atoms with Gasteiger partial charge in [0.2, 0.25) is 0 Å². The van der Waals surface area contributed by atoms with Crippen molar-refractivity contribution < 1.29 is 0 Å². The quantitative estimate of drug-likeness (QED) is 0.710. The van der Waals surface area contributed by atoms with E-state index < -0.39 is 0 Å². The van der Waals surface area contributed by atoms with Crippen LogP contribution in [0.2, 0.25) is 10.0 Å². The second-order valence-corrected chi connectivity index (χ2v) is 6.57. The van der Waals surface area contributed by atoms with Crippen LogP contribution in [0.4, 0.5) is 0 Å². The highest BCUT2D eigenvalue weighted by atomic mass is 35.5. The smallest absolute Gasteiger partial charge is 0.262 e. The molecule has 1 aromatic carbocycles. The molecule has 0 bridgehead atoms. The Labute approximate surface area is 129 Å². The van der Waals surface area contributed by atoms with Crippen LogP contribution in [0.15, 0.2) is 35.4 Å². The van der Waals surface area contributed by atoms with Gasteiger partial charge in [-0.25, -0.2) is 4.98 Å². The van der Waals surface area contributed by atoms with Gasteiger partial charge < -0.3 is 0 Å². The SMILES string of the molecule is Cc1cc2c(=O)n(Cc3ccc(Cl)cc3Cl)cnc2s1. The number of rotatable bonds is 2. The van der Waals surface area contributed by atoms with Gasteiger partial charge in [-0.2, -0.15) is 0 Å². The molecule has 0 radical (unpaired) electrons. The molecule has 20 heavy (non-hydrogen) atoms. The van der Waals surface area contributed by atoms with Gasteiger partial charge in [-0.1, -0.05) is 29.3 Å². The molecule has 0 aliphatic rings. The molecule has 102 valence electrons. The van der Waals surface area contributed by atoms with E-state index in [1.807, 2.05) is 19.1 Å². The molecule has 0 spiro atoms. The zero-order chi connectivity index (χ0) is 14.3. The third-order valence-corrected chi connectivity index (χ3v) is 4.54. The number of aromatic nitrogens is 2. The summed E-state index contributed by atoms with van der Waals surface area (Å²) in [6.45, 7) is 2.35. The Morgan fingerprint density at radius 2 is 2.10 bits per heavy atom. The Morgan fingerprint density at radius 1 is 1.30 bits per heavy atom. The molecule has 2 heterocycles. The molecule has 0 aliphatic heterocycles. The van der Waals surface area contributed by atoms with Crippen molar-refractivity contribution in [2.75, 3.05) is 0 Å². The predicted octanol–water partition coefficient (Wildman–Crippen LogP) is 4.12. The van der Waals surface area contributed by atoms with E-state index in [0.29, 0.717) is 22.0 Å². The minimum absolute atomic E-state index is 0.0506. The van der Waals surface area contributed by atoms with Gasteiger partial charge in [0.1, 0.15) is 4.83 Å². The summed E-state index contributed by atoms with van der Waals surface area (Å²) >= 11 is 13.5. The first kappa shape index (κ1) is 13.6. The van der Waals surface area contributed by atoms with Crippen LogP contribution in [0.1, 0.15) is 10.4 Å². The number of thiophene rings is 1. The molecule has 3 aromatic rings. The van der Waals surface area contributed by atoms with Crippen LogP contribution in [0.3, 0.4) is 0 Å². The lowest BCUT2D eigenvalue weighted by atomic mass is 10.2. The van der Waals surface area contributed by atoms with Crippen LogP contribution in [0.5, 0.6) is 0 Å². The van der Waals surface area contributed by atoms with Crippen LogP contribution in [0, 0.1) is 6.92 Å². The number of hydrogen-bond acceptors (Lipinski definition) is 3. The fourth-order valence-corrected chi connectivity index (χ4v) is 3.33. The van der Waals surface area contributed by atoms with E-state index >= 15 is 0 Å². The first-order valence-electron chi connectivity index (χ1n) is 5.94. The zero-order valence-corrected chi connectivity index (χ0v) is 12.9. The maximum Gasteiger partial charge on any atom is 0.262 e. The van der Waals surface area contributed by atoms with Gasteiger partial charge in [0.25, 0.3) is 5.56 Å². The summed E-state index contributed by atoms with van der Waals surface area (Å²) in [7, 11) is 0. The molecule has 0 atom stereocenters. The molecule has 0 aliphatic carbocycles. The van der Waals surface area contributed by atoms with Crippen LogP contribution in [-0.4, -0.2) is 9.55 Å². The van der Waals surface area contributed by atoms with E-state index in [2.05, 4.69) is 4.98 Å². The van der Waals surface area contributed by atoms with Gasteiger partial charge in [-0.3, -0.25) is 9.36 Å². The molecular weight excluding hydrogens is 315 g/mol. The largest absolute Gasteiger partial charge is 0.294 e. The van der Waals surface area contributed by atoms with Gasteiger partial charge in [0, 0.05) is 14.9 Å². The molecule has 0 amide bonds. The number of nitrogens with zero attached hydrogens (tertiary/aromatic N) is 2. The highest BCUT2D eigenvalue weighted by molar-refractivity contribution is 7.18. The highest BCUT2D eigenvalue weighted by Gasteiger charge is 2.09. The number of fused-ring (bicyclic) bond motifs is 1. The van der Waals surface area contributed by atoms with E-state index in [9.17, 15) is 4.79 Å². The number of aryl methyl sites for hydroxylation is 1. The minimum atomic E-state index is -0.0506. The summed E-state index contributed by atoms with van der Waals surface area (Å²) < 4.78 is 1.56. The molecule has 0 fully saturated rings. The van der Waals surface area contributed by atoms with Crippen molar-refractivity contribution in [1.82, 2.24) is 9.55 Å². The van der Waals surface area contributed by atoms with Crippen molar-refractivity contribution in [2.45, 2.75) is 13.5 Å². The minimum Gasteiger partial charge on any atom is -0.294 e. The third-order valence-electron chi connectivity index (χ3n) is 3.00. The Morgan fingerprint density at radius 3 is 2.85 bits per heavy atom. The van der Waals surface area contributed by atoms with Gasteiger partial charge >= 0.3 is 0 Å². The van der Waals surface area contributed by atoms with E-state index in [1.54, 1.807) is 23.0 Å². The number of halogens is 2. The Hall–Kier alpha value is -1.36. The molecule has 2 aromatic heterocycles. The number of benzene rings is 1. The summed E-state index contributed by atoms with van der Waals surface area (Å²) in [4.78, 5) is 18.5. The van der Waals surface area contributed by atoms with Gasteiger partial charge in [-0.15, -0.1) is 11.3 Å². The molecule has 3 nitrogen and oxygen atoms in total. The van der Waals surface area contributed by atoms with E-state index in [4.69, 9.17) is 23.2 Å². The molecule has 3 rings (SSSR count). The first-order valence-corrected chi connectivity index (χ1v) is 7.51. The topological polar surface area (TPSA) is 34.9 Å². The molecule has 6 heteroatoms. The molecule has 0 saturated heterocycles. The summed E-state index contributed by atoms with van der Waals surface area (Å²) in [5, 5.41) is 1.78. The fraction of sp³-hybridized carbons (Fsp3) is 0.143. The number of hydrogen-bond donors (Lipinski definition) is 0. The average molecular weight is 325 g/mol. The lowest BCUT2D eigenvalue weighted by Crippen LogP contribution is -2.20. The van der Waals surface area contributed by atoms with Gasteiger partial charge in [0.15, 0.2) is 0 Å². The lowest BCUT2D eigenvalue weighted by Gasteiger charge is -2.07. The van der Waals surface area contributed by atoms with Crippen molar-refractivity contribution in [3.05, 3.63) is 61.4 Å². The second-order valence-electron chi connectivity index (χ2n) is 4.49. The molecular formula is C14H10Cl2N2OS. The summed E-state index contributed by atoms with van der Waals surface area (Å²) in [6.07, 6.45) is 1.56. The van der Waals surface area contributed by atoms with Crippen molar-refractivity contribution in [2.24, 2.45) is 0 Å². The predicted molar refractivity (Wildman–Crippen MR) is 84.2 cm³/mol. The lowest BCUT2D eigenvalue weighted by molar-refractivity contribution is 0.749. The summed E-state index contributed by atoms with van der Waals surface area (Å²) in [5.74, 6) is 0. The van der Waals surface area contributed by atoms with Crippen molar-refractivity contribution >= 4 is 44.8 Å². The van der Waals surface area contributed by atoms with E-state index in [1.165, 1.54) is 11.3 Å². The van der Waals surface area contributed by atoms with E-state index in [-0.39, 0.29) is 5.56 Å². The fourth-order valence-electron chi connectivity index (χ4n) is 2.03. The maximum absolute atomic E-state index is 12.4. The van der Waals surface area contributed by atoms with Crippen molar-refractivity contribution in [3.63, 3.8) is 0 Å². The van der Waals surface area contributed by atoms with Crippen molar-refractivity contribution in [1.29, 1.82) is 0 Å². The molecule has 0 saturated carbocycles. The Kier molecular flexibility index (Phi) is 3.54. The van der Waals surface area contributed by atoms with Crippen LogP contribution < -0.4 is 5.56 Å².